The predicted octanol–water partition coefficient (Wildman–Crippen LogP) is 2.05. The maximum absolute atomic E-state index is 12.3. The molecule has 3 aliphatic rings. The minimum atomic E-state index is -0.459. The predicted molar refractivity (Wildman–Crippen MR) is 102 cm³/mol. The SMILES string of the molecule is CN1CCCCC1=O.NC(=O)CN1CC2(CC2)c2cc(Br)ccc2C1=O. The summed E-state index contributed by atoms with van der Waals surface area (Å²) in [7, 11) is 1.86. The van der Waals surface area contributed by atoms with E-state index in [9.17, 15) is 14.4 Å². The monoisotopic (exact) mass is 421 g/mol. The van der Waals surface area contributed by atoms with Crippen LogP contribution in [0.1, 0.15) is 48.0 Å². The average molecular weight is 422 g/mol. The third-order valence-electron chi connectivity index (χ3n) is 5.32. The van der Waals surface area contributed by atoms with Gasteiger partial charge in [-0.05, 0) is 49.4 Å². The van der Waals surface area contributed by atoms with Gasteiger partial charge in [0.05, 0.1) is 6.54 Å². The standard InChI is InChI=1S/C13H13BrN2O2.C6H11NO/c14-8-1-2-9-10(5-8)13(3-4-13)7-16(12(9)18)6-11(15)17;1-7-5-3-2-4-6(7)8/h1-2,5H,3-4,6-7H2,(H2,15,17);2-5H2,1H3. The summed E-state index contributed by atoms with van der Waals surface area (Å²) in [6, 6.07) is 5.72. The lowest BCUT2D eigenvalue weighted by atomic mass is 9.86. The molecule has 2 aliphatic heterocycles. The first-order valence-electron chi connectivity index (χ1n) is 8.94. The highest BCUT2D eigenvalue weighted by Crippen LogP contribution is 2.52. The maximum atomic E-state index is 12.3. The molecule has 0 bridgehead atoms. The van der Waals surface area contributed by atoms with Gasteiger partial charge in [-0.25, -0.2) is 0 Å². The first-order chi connectivity index (χ1) is 12.3. The van der Waals surface area contributed by atoms with E-state index in [2.05, 4.69) is 15.9 Å². The molecule has 6 nitrogen and oxygen atoms in total. The van der Waals surface area contributed by atoms with Crippen LogP contribution in [0.2, 0.25) is 0 Å². The number of hydrogen-bond acceptors (Lipinski definition) is 3. The van der Waals surface area contributed by atoms with Crippen molar-refractivity contribution in [3.63, 3.8) is 0 Å². The number of nitrogens with two attached hydrogens (primary N) is 1. The van der Waals surface area contributed by atoms with Crippen molar-refractivity contribution < 1.29 is 14.4 Å². The lowest BCUT2D eigenvalue weighted by molar-refractivity contribution is -0.131. The molecule has 140 valence electrons. The van der Waals surface area contributed by atoms with Crippen molar-refractivity contribution in [3.8, 4) is 0 Å². The Labute approximate surface area is 161 Å². The van der Waals surface area contributed by atoms with Crippen molar-refractivity contribution >= 4 is 33.7 Å². The molecule has 4 rings (SSSR count). The number of hydrogen-bond donors (Lipinski definition) is 1. The molecule has 2 fully saturated rings. The first kappa shape index (κ1) is 18.9. The number of carbonyl (C=O) groups is 3. The summed E-state index contributed by atoms with van der Waals surface area (Å²) in [5, 5.41) is 0. The van der Waals surface area contributed by atoms with Crippen molar-refractivity contribution in [2.24, 2.45) is 5.73 Å². The third-order valence-corrected chi connectivity index (χ3v) is 5.82. The minimum absolute atomic E-state index is 0.0100. The number of nitrogens with zero attached hydrogens (tertiary/aromatic N) is 2. The maximum Gasteiger partial charge on any atom is 0.254 e. The molecule has 3 amide bonds. The Hall–Kier alpha value is -1.89. The second kappa shape index (κ2) is 7.39. The second-order valence-electron chi connectivity index (χ2n) is 7.37. The van der Waals surface area contributed by atoms with E-state index in [1.807, 2.05) is 25.2 Å². The Morgan fingerprint density at radius 1 is 1.27 bits per heavy atom. The van der Waals surface area contributed by atoms with Crippen LogP contribution in [0.5, 0.6) is 0 Å². The molecule has 1 spiro atoms. The third kappa shape index (κ3) is 3.92. The number of piperidine rings is 1. The van der Waals surface area contributed by atoms with Gasteiger partial charge in [0.1, 0.15) is 0 Å². The molecule has 1 saturated carbocycles. The molecule has 0 aromatic heterocycles. The Bertz CT molecular complexity index is 746. The van der Waals surface area contributed by atoms with Gasteiger partial charge < -0.3 is 15.5 Å². The number of carbonyl (C=O) groups excluding carboxylic acids is 3. The summed E-state index contributed by atoms with van der Waals surface area (Å²) >= 11 is 3.45. The largest absolute Gasteiger partial charge is 0.368 e. The molecular weight excluding hydrogens is 398 g/mol. The van der Waals surface area contributed by atoms with E-state index in [1.165, 1.54) is 6.42 Å². The number of benzene rings is 1. The van der Waals surface area contributed by atoms with Gasteiger partial charge in [-0.2, -0.15) is 0 Å². The molecule has 7 heteroatoms. The number of primary amides is 1. The topological polar surface area (TPSA) is 83.7 Å². The molecule has 0 radical (unpaired) electrons. The Morgan fingerprint density at radius 3 is 2.54 bits per heavy atom. The lowest BCUT2D eigenvalue weighted by Crippen LogP contribution is -2.47. The zero-order valence-corrected chi connectivity index (χ0v) is 16.5. The van der Waals surface area contributed by atoms with Gasteiger partial charge in [-0.3, -0.25) is 14.4 Å². The van der Waals surface area contributed by atoms with Crippen LogP contribution >= 0.6 is 15.9 Å². The van der Waals surface area contributed by atoms with E-state index in [1.54, 1.807) is 9.80 Å². The van der Waals surface area contributed by atoms with Gasteiger partial charge >= 0.3 is 0 Å². The molecule has 0 unspecified atom stereocenters. The van der Waals surface area contributed by atoms with Gasteiger partial charge in [0.2, 0.25) is 11.8 Å². The summed E-state index contributed by atoms with van der Waals surface area (Å²) < 4.78 is 0.990. The van der Waals surface area contributed by atoms with Gasteiger partial charge in [-0.15, -0.1) is 0 Å². The normalized spacial score (nSPS) is 20.4. The molecule has 1 aliphatic carbocycles. The van der Waals surface area contributed by atoms with Crippen LogP contribution in [0.15, 0.2) is 22.7 Å². The fraction of sp³-hybridized carbons (Fsp3) is 0.526. The van der Waals surface area contributed by atoms with Crippen molar-refractivity contribution in [2.75, 3.05) is 26.7 Å². The summed E-state index contributed by atoms with van der Waals surface area (Å²) in [4.78, 5) is 37.4. The van der Waals surface area contributed by atoms with Gasteiger partial charge in [-0.1, -0.05) is 15.9 Å². The van der Waals surface area contributed by atoms with Crippen molar-refractivity contribution in [2.45, 2.75) is 37.5 Å². The van der Waals surface area contributed by atoms with Crippen molar-refractivity contribution in [1.29, 1.82) is 0 Å². The molecule has 1 aromatic carbocycles. The quantitative estimate of drug-likeness (QED) is 0.792. The van der Waals surface area contributed by atoms with Crippen molar-refractivity contribution in [1.82, 2.24) is 9.80 Å². The van der Waals surface area contributed by atoms with E-state index in [4.69, 9.17) is 5.73 Å². The van der Waals surface area contributed by atoms with Crippen LogP contribution in [0.25, 0.3) is 0 Å². The molecule has 0 atom stereocenters. The first-order valence-corrected chi connectivity index (χ1v) is 9.73. The van der Waals surface area contributed by atoms with Gasteiger partial charge in [0.25, 0.3) is 5.91 Å². The molecule has 2 heterocycles. The van der Waals surface area contributed by atoms with Crippen LogP contribution in [0, 0.1) is 0 Å². The van der Waals surface area contributed by atoms with Crippen LogP contribution in [-0.4, -0.2) is 54.2 Å². The minimum Gasteiger partial charge on any atom is -0.368 e. The van der Waals surface area contributed by atoms with Gasteiger partial charge in [0.15, 0.2) is 0 Å². The van der Waals surface area contributed by atoms with Crippen molar-refractivity contribution in [3.05, 3.63) is 33.8 Å². The van der Waals surface area contributed by atoms with E-state index in [0.29, 0.717) is 18.0 Å². The summed E-state index contributed by atoms with van der Waals surface area (Å²) in [5.41, 5.74) is 7.08. The van der Waals surface area contributed by atoms with E-state index < -0.39 is 5.91 Å². The zero-order valence-electron chi connectivity index (χ0n) is 15.0. The lowest BCUT2D eigenvalue weighted by Gasteiger charge is -2.34. The van der Waals surface area contributed by atoms with Gasteiger partial charge in [0, 0.05) is 42.0 Å². The van der Waals surface area contributed by atoms with Crippen LogP contribution in [0.4, 0.5) is 0 Å². The summed E-state index contributed by atoms with van der Waals surface area (Å²) in [6.07, 6.45) is 5.17. The number of amides is 3. The molecule has 26 heavy (non-hydrogen) atoms. The average Bonchev–Trinajstić information content (AvgIpc) is 3.36. The van der Waals surface area contributed by atoms with Crippen LogP contribution in [0.3, 0.4) is 0 Å². The number of likely N-dealkylation sites (tertiary alicyclic amines) is 1. The van der Waals surface area contributed by atoms with Crippen LogP contribution in [-0.2, 0) is 15.0 Å². The Morgan fingerprint density at radius 2 is 2.00 bits per heavy atom. The number of fused-ring (bicyclic) bond motifs is 2. The molecule has 1 saturated heterocycles. The summed E-state index contributed by atoms with van der Waals surface area (Å²) in [5.74, 6) is -0.246. The second-order valence-corrected chi connectivity index (χ2v) is 8.29. The van der Waals surface area contributed by atoms with E-state index in [0.717, 1.165) is 42.3 Å². The highest BCUT2D eigenvalue weighted by molar-refractivity contribution is 9.10. The van der Waals surface area contributed by atoms with Crippen LogP contribution < -0.4 is 5.73 Å². The zero-order chi connectivity index (χ0) is 18.9. The fourth-order valence-corrected chi connectivity index (χ4v) is 4.03. The highest BCUT2D eigenvalue weighted by atomic mass is 79.9. The molecule has 1 aromatic rings. The Balaban J connectivity index is 0.000000206. The smallest absolute Gasteiger partial charge is 0.254 e. The Kier molecular flexibility index (Phi) is 5.37. The van der Waals surface area contributed by atoms with E-state index in [-0.39, 0.29) is 17.9 Å². The number of rotatable bonds is 2. The van der Waals surface area contributed by atoms with E-state index >= 15 is 0 Å². The summed E-state index contributed by atoms with van der Waals surface area (Å²) in [6.45, 7) is 1.58. The molecular formula is C19H24BrN3O3. The fourth-order valence-electron chi connectivity index (χ4n) is 3.67. The molecule has 2 N–H and O–H groups in total. The number of halogens is 1. The highest BCUT2D eigenvalue weighted by Gasteiger charge is 2.51.